The van der Waals surface area contributed by atoms with Gasteiger partial charge < -0.3 is 9.80 Å². The Labute approximate surface area is 118 Å². The van der Waals surface area contributed by atoms with E-state index in [0.29, 0.717) is 6.42 Å². The summed E-state index contributed by atoms with van der Waals surface area (Å²) in [7, 11) is -3.29. The number of rotatable bonds is 5. The highest BCUT2D eigenvalue weighted by atomic mass is 32.2. The Kier molecular flexibility index (Phi) is 7.95. The average molecular weight is 318 g/mol. The fourth-order valence-electron chi connectivity index (χ4n) is 1.17. The highest BCUT2D eigenvalue weighted by molar-refractivity contribution is 7.87. The lowest BCUT2D eigenvalue weighted by molar-refractivity contribution is -0.0542. The van der Waals surface area contributed by atoms with Gasteiger partial charge in [0.15, 0.2) is 0 Å². The summed E-state index contributed by atoms with van der Waals surface area (Å²) in [5.41, 5.74) is -5.30. The largest absolute Gasteiger partial charge is 0.523 e. The molecule has 0 atom stereocenters. The van der Waals surface area contributed by atoms with Crippen molar-refractivity contribution in [3.05, 3.63) is 12.4 Å². The van der Waals surface area contributed by atoms with Gasteiger partial charge in [0.2, 0.25) is 0 Å². The molecule has 0 amide bonds. The SMILES string of the molecule is CCCCOS(=O)(=O)C(F)(F)F.CCN1C=CN(C)C1. The minimum atomic E-state index is -5.37. The van der Waals surface area contributed by atoms with E-state index in [2.05, 4.69) is 40.4 Å². The van der Waals surface area contributed by atoms with Crippen molar-refractivity contribution in [3.8, 4) is 0 Å². The Balaban J connectivity index is 0.000000388. The number of halogens is 3. The zero-order valence-corrected chi connectivity index (χ0v) is 12.7. The van der Waals surface area contributed by atoms with Crippen LogP contribution in [0.4, 0.5) is 13.2 Å². The van der Waals surface area contributed by atoms with E-state index in [4.69, 9.17) is 0 Å². The van der Waals surface area contributed by atoms with Crippen LogP contribution < -0.4 is 0 Å². The van der Waals surface area contributed by atoms with Crippen molar-refractivity contribution in [2.75, 3.05) is 26.9 Å². The van der Waals surface area contributed by atoms with Gasteiger partial charge in [-0.2, -0.15) is 21.6 Å². The lowest BCUT2D eigenvalue weighted by atomic mass is 10.4. The minimum absolute atomic E-state index is 0.287. The van der Waals surface area contributed by atoms with Crippen LogP contribution in [0.2, 0.25) is 0 Å². The molecule has 0 unspecified atom stereocenters. The van der Waals surface area contributed by atoms with Gasteiger partial charge in [-0.05, 0) is 13.3 Å². The normalized spacial score (nSPS) is 15.3. The fourth-order valence-corrected chi connectivity index (χ4v) is 1.64. The van der Waals surface area contributed by atoms with Gasteiger partial charge in [0.05, 0.1) is 13.3 Å². The molecule has 0 saturated heterocycles. The lowest BCUT2D eigenvalue weighted by Crippen LogP contribution is -2.25. The molecule has 1 rings (SSSR count). The third kappa shape index (κ3) is 6.99. The fraction of sp³-hybridized carbons (Fsp3) is 0.818. The second-order valence-corrected chi connectivity index (χ2v) is 5.78. The molecule has 0 saturated carbocycles. The molecule has 0 radical (unpaired) electrons. The summed E-state index contributed by atoms with van der Waals surface area (Å²) in [4.78, 5) is 4.41. The van der Waals surface area contributed by atoms with Gasteiger partial charge in [-0.15, -0.1) is 0 Å². The molecule has 0 aromatic rings. The van der Waals surface area contributed by atoms with Crippen molar-refractivity contribution < 1.29 is 25.8 Å². The summed E-state index contributed by atoms with van der Waals surface area (Å²) in [6.45, 7) is 5.61. The van der Waals surface area contributed by atoms with Crippen LogP contribution >= 0.6 is 0 Å². The molecule has 20 heavy (non-hydrogen) atoms. The monoisotopic (exact) mass is 318 g/mol. The Bertz CT molecular complexity index is 396. The molecular formula is C11H21F3N2O3S. The molecule has 1 heterocycles. The molecule has 0 aromatic carbocycles. The Morgan fingerprint density at radius 1 is 1.25 bits per heavy atom. The highest BCUT2D eigenvalue weighted by Crippen LogP contribution is 2.24. The first-order valence-electron chi connectivity index (χ1n) is 6.22. The maximum Gasteiger partial charge on any atom is 0.523 e. The Morgan fingerprint density at radius 2 is 1.85 bits per heavy atom. The third-order valence-corrected chi connectivity index (χ3v) is 3.41. The predicted molar refractivity (Wildman–Crippen MR) is 70.0 cm³/mol. The van der Waals surface area contributed by atoms with Gasteiger partial charge in [-0.25, -0.2) is 0 Å². The van der Waals surface area contributed by atoms with Crippen LogP contribution in [0.15, 0.2) is 12.4 Å². The summed E-state index contributed by atoms with van der Waals surface area (Å²) >= 11 is 0. The van der Waals surface area contributed by atoms with E-state index in [-0.39, 0.29) is 6.42 Å². The van der Waals surface area contributed by atoms with Gasteiger partial charge >= 0.3 is 15.6 Å². The first kappa shape index (κ1) is 19.0. The van der Waals surface area contributed by atoms with Crippen molar-refractivity contribution in [1.82, 2.24) is 9.80 Å². The van der Waals surface area contributed by atoms with Crippen molar-refractivity contribution >= 4 is 10.1 Å². The summed E-state index contributed by atoms with van der Waals surface area (Å²) in [5.74, 6) is 0. The highest BCUT2D eigenvalue weighted by Gasteiger charge is 2.47. The van der Waals surface area contributed by atoms with E-state index in [0.717, 1.165) is 13.2 Å². The Hall–Kier alpha value is -0.960. The second kappa shape index (κ2) is 8.35. The van der Waals surface area contributed by atoms with Crippen molar-refractivity contribution in [3.63, 3.8) is 0 Å². The lowest BCUT2D eigenvalue weighted by Gasteiger charge is -2.14. The van der Waals surface area contributed by atoms with Gasteiger partial charge in [-0.3, -0.25) is 4.18 Å². The van der Waals surface area contributed by atoms with Crippen LogP contribution in [-0.2, 0) is 14.3 Å². The van der Waals surface area contributed by atoms with E-state index in [1.54, 1.807) is 6.92 Å². The molecule has 1 aliphatic heterocycles. The van der Waals surface area contributed by atoms with E-state index < -0.39 is 22.2 Å². The molecule has 1 aliphatic rings. The molecule has 0 bridgehead atoms. The number of hydrogen-bond acceptors (Lipinski definition) is 5. The van der Waals surface area contributed by atoms with Gasteiger partial charge in [0.25, 0.3) is 0 Å². The molecule has 9 heteroatoms. The number of nitrogens with zero attached hydrogens (tertiary/aromatic N) is 2. The Morgan fingerprint density at radius 3 is 2.15 bits per heavy atom. The molecule has 0 aromatic heterocycles. The molecule has 120 valence electrons. The average Bonchev–Trinajstić information content (AvgIpc) is 2.75. The molecular weight excluding hydrogens is 297 g/mol. The van der Waals surface area contributed by atoms with E-state index >= 15 is 0 Å². The zero-order chi connectivity index (χ0) is 15.8. The standard InChI is InChI=1S/C6H12N2.C5H9F3O3S/c1-3-8-5-4-7(2)6-8;1-2-3-4-11-12(9,10)5(6,7)8/h4-5H,3,6H2,1-2H3;2-4H2,1H3. The quantitative estimate of drug-likeness (QED) is 0.442. The number of alkyl halides is 3. The molecule has 0 aliphatic carbocycles. The first-order chi connectivity index (χ1) is 9.14. The summed E-state index contributed by atoms with van der Waals surface area (Å²) in [5, 5.41) is 0. The third-order valence-electron chi connectivity index (χ3n) is 2.36. The van der Waals surface area contributed by atoms with Crippen molar-refractivity contribution in [1.29, 1.82) is 0 Å². The first-order valence-corrected chi connectivity index (χ1v) is 7.63. The van der Waals surface area contributed by atoms with Crippen LogP contribution in [-0.4, -0.2) is 50.6 Å². The van der Waals surface area contributed by atoms with Crippen LogP contribution in [0, 0.1) is 0 Å². The smallest absolute Gasteiger partial charge is 0.362 e. The van der Waals surface area contributed by atoms with E-state index in [1.165, 1.54) is 0 Å². The summed E-state index contributed by atoms with van der Waals surface area (Å²) in [6, 6.07) is 0. The summed E-state index contributed by atoms with van der Waals surface area (Å²) in [6.07, 6.45) is 5.06. The zero-order valence-electron chi connectivity index (χ0n) is 11.9. The van der Waals surface area contributed by atoms with Crippen LogP contribution in [0.5, 0.6) is 0 Å². The predicted octanol–water partition coefficient (Wildman–Crippen LogP) is 2.34. The van der Waals surface area contributed by atoms with E-state index in [9.17, 15) is 21.6 Å². The molecule has 0 fully saturated rings. The second-order valence-electron chi connectivity index (χ2n) is 4.18. The van der Waals surface area contributed by atoms with Crippen LogP contribution in [0.1, 0.15) is 26.7 Å². The van der Waals surface area contributed by atoms with Gasteiger partial charge in [0.1, 0.15) is 0 Å². The van der Waals surface area contributed by atoms with Crippen LogP contribution in [0.3, 0.4) is 0 Å². The molecule has 0 N–H and O–H groups in total. The van der Waals surface area contributed by atoms with Crippen molar-refractivity contribution in [2.24, 2.45) is 0 Å². The van der Waals surface area contributed by atoms with E-state index in [1.807, 2.05) is 0 Å². The van der Waals surface area contributed by atoms with Gasteiger partial charge in [-0.1, -0.05) is 13.3 Å². The maximum atomic E-state index is 11.5. The maximum absolute atomic E-state index is 11.5. The topological polar surface area (TPSA) is 49.9 Å². The molecule has 0 spiro atoms. The molecule has 5 nitrogen and oxygen atoms in total. The number of hydrogen-bond donors (Lipinski definition) is 0. The number of unbranched alkanes of at least 4 members (excludes halogenated alkanes) is 1. The summed E-state index contributed by atoms with van der Waals surface area (Å²) < 4.78 is 58.7. The van der Waals surface area contributed by atoms with Crippen LogP contribution in [0.25, 0.3) is 0 Å². The van der Waals surface area contributed by atoms with Gasteiger partial charge in [0, 0.05) is 26.0 Å². The minimum Gasteiger partial charge on any atom is -0.362 e. The van der Waals surface area contributed by atoms with Crippen molar-refractivity contribution in [2.45, 2.75) is 32.2 Å².